The summed E-state index contributed by atoms with van der Waals surface area (Å²) in [5.74, 6) is 0.110. The molecule has 0 saturated heterocycles. The van der Waals surface area contributed by atoms with E-state index in [-0.39, 0.29) is 11.9 Å². The van der Waals surface area contributed by atoms with Crippen LogP contribution in [0.25, 0.3) is 21.8 Å². The maximum Gasteiger partial charge on any atom is 0.227 e. The predicted octanol–water partition coefficient (Wildman–Crippen LogP) is 4.49. The quantitative estimate of drug-likeness (QED) is 0.540. The molecule has 0 fully saturated rings. The number of amides is 1. The highest BCUT2D eigenvalue weighted by Gasteiger charge is 2.18. The molecule has 0 aliphatic carbocycles. The number of nitrogens with zero attached hydrogens (tertiary/aromatic N) is 3. The number of carbonyl (C=O) groups excluding carboxylic acids is 1. The van der Waals surface area contributed by atoms with Crippen molar-refractivity contribution < 1.29 is 4.79 Å². The Morgan fingerprint density at radius 2 is 1.74 bits per heavy atom. The van der Waals surface area contributed by atoms with Crippen molar-refractivity contribution in [1.29, 1.82) is 0 Å². The first-order chi connectivity index (χ1) is 13.1. The molecule has 2 aromatic heterocycles. The van der Waals surface area contributed by atoms with Crippen LogP contribution < -0.4 is 0 Å². The van der Waals surface area contributed by atoms with Gasteiger partial charge < -0.3 is 9.47 Å². The Kier molecular flexibility index (Phi) is 4.40. The van der Waals surface area contributed by atoms with Crippen molar-refractivity contribution in [3.05, 3.63) is 78.1 Å². The summed E-state index contributed by atoms with van der Waals surface area (Å²) >= 11 is 0. The minimum Gasteiger partial charge on any atom is -0.344 e. The van der Waals surface area contributed by atoms with Crippen molar-refractivity contribution in [3.8, 4) is 0 Å². The predicted molar refractivity (Wildman–Crippen MR) is 110 cm³/mol. The molecular weight excluding hydrogens is 334 g/mol. The Morgan fingerprint density at radius 1 is 1.04 bits per heavy atom. The van der Waals surface area contributed by atoms with Gasteiger partial charge in [0.1, 0.15) is 0 Å². The molecule has 4 nitrogen and oxygen atoms in total. The van der Waals surface area contributed by atoms with E-state index in [1.54, 1.807) is 12.4 Å². The summed E-state index contributed by atoms with van der Waals surface area (Å²) in [7, 11) is 3.95. The molecule has 0 aliphatic heterocycles. The van der Waals surface area contributed by atoms with Gasteiger partial charge in [-0.3, -0.25) is 9.78 Å². The van der Waals surface area contributed by atoms with Crippen LogP contribution in [0.2, 0.25) is 0 Å². The molecule has 1 unspecified atom stereocenters. The number of pyridine rings is 1. The van der Waals surface area contributed by atoms with E-state index < -0.39 is 0 Å². The molecule has 1 amide bonds. The molecule has 27 heavy (non-hydrogen) atoms. The van der Waals surface area contributed by atoms with Crippen LogP contribution in [0, 0.1) is 0 Å². The van der Waals surface area contributed by atoms with Crippen LogP contribution >= 0.6 is 0 Å². The SMILES string of the molecule is CC(c1ccncc1)N(C)C(=O)Cc1ccc2c(c1)c1ccccc1n2C. The van der Waals surface area contributed by atoms with E-state index in [0.717, 1.165) is 11.1 Å². The minimum atomic E-state index is 0.0155. The maximum atomic E-state index is 12.8. The van der Waals surface area contributed by atoms with Gasteiger partial charge in [-0.25, -0.2) is 0 Å². The zero-order valence-corrected chi connectivity index (χ0v) is 15.9. The number of hydrogen-bond donors (Lipinski definition) is 0. The van der Waals surface area contributed by atoms with Gasteiger partial charge in [0.2, 0.25) is 5.91 Å². The van der Waals surface area contributed by atoms with Gasteiger partial charge in [0.15, 0.2) is 0 Å². The molecule has 2 aromatic carbocycles. The first-order valence-electron chi connectivity index (χ1n) is 9.18. The van der Waals surface area contributed by atoms with Crippen molar-refractivity contribution in [2.75, 3.05) is 7.05 Å². The van der Waals surface area contributed by atoms with E-state index in [2.05, 4.69) is 59.1 Å². The number of rotatable bonds is 4. The second-order valence-electron chi connectivity index (χ2n) is 7.07. The van der Waals surface area contributed by atoms with E-state index in [1.165, 1.54) is 21.8 Å². The van der Waals surface area contributed by atoms with Crippen LogP contribution in [-0.2, 0) is 18.3 Å². The maximum absolute atomic E-state index is 12.8. The molecule has 0 spiro atoms. The number of aryl methyl sites for hydroxylation is 1. The van der Waals surface area contributed by atoms with Gasteiger partial charge in [0, 0.05) is 48.3 Å². The largest absolute Gasteiger partial charge is 0.344 e. The second kappa shape index (κ2) is 6.88. The number of carbonyl (C=O) groups is 1. The average molecular weight is 357 g/mol. The van der Waals surface area contributed by atoms with Crippen molar-refractivity contribution in [2.45, 2.75) is 19.4 Å². The average Bonchev–Trinajstić information content (AvgIpc) is 2.99. The monoisotopic (exact) mass is 357 g/mol. The molecule has 0 N–H and O–H groups in total. The third-order valence-corrected chi connectivity index (χ3v) is 5.50. The number of para-hydroxylation sites is 1. The number of likely N-dealkylation sites (N-methyl/N-ethyl adjacent to an activating group) is 1. The fourth-order valence-electron chi connectivity index (χ4n) is 3.71. The Balaban J connectivity index is 1.61. The fraction of sp³-hybridized carbons (Fsp3) is 0.217. The van der Waals surface area contributed by atoms with Gasteiger partial charge in [-0.1, -0.05) is 24.3 Å². The molecule has 1 atom stereocenters. The third kappa shape index (κ3) is 3.08. The second-order valence-corrected chi connectivity index (χ2v) is 7.07. The summed E-state index contributed by atoms with van der Waals surface area (Å²) in [6, 6.07) is 18.6. The molecule has 2 heterocycles. The van der Waals surface area contributed by atoms with Crippen LogP contribution in [0.4, 0.5) is 0 Å². The number of hydrogen-bond acceptors (Lipinski definition) is 2. The summed E-state index contributed by atoms with van der Waals surface area (Å²) in [6.07, 6.45) is 3.92. The molecule has 4 rings (SSSR count). The molecule has 4 aromatic rings. The van der Waals surface area contributed by atoms with E-state index in [0.29, 0.717) is 6.42 Å². The number of fused-ring (bicyclic) bond motifs is 3. The van der Waals surface area contributed by atoms with Gasteiger partial charge in [-0.2, -0.15) is 0 Å². The lowest BCUT2D eigenvalue weighted by Crippen LogP contribution is -2.30. The summed E-state index contributed by atoms with van der Waals surface area (Å²) < 4.78 is 2.20. The highest BCUT2D eigenvalue weighted by molar-refractivity contribution is 6.08. The van der Waals surface area contributed by atoms with Crippen LogP contribution in [-0.4, -0.2) is 27.4 Å². The van der Waals surface area contributed by atoms with E-state index in [9.17, 15) is 4.79 Å². The highest BCUT2D eigenvalue weighted by Crippen LogP contribution is 2.29. The highest BCUT2D eigenvalue weighted by atomic mass is 16.2. The lowest BCUT2D eigenvalue weighted by atomic mass is 10.0. The van der Waals surface area contributed by atoms with Crippen LogP contribution in [0.3, 0.4) is 0 Å². The third-order valence-electron chi connectivity index (χ3n) is 5.50. The molecular formula is C23H23N3O. The van der Waals surface area contributed by atoms with Gasteiger partial charge in [0.25, 0.3) is 0 Å². The van der Waals surface area contributed by atoms with E-state index in [4.69, 9.17) is 0 Å². The zero-order valence-electron chi connectivity index (χ0n) is 15.9. The summed E-state index contributed by atoms with van der Waals surface area (Å²) in [5, 5.41) is 2.42. The molecule has 136 valence electrons. The summed E-state index contributed by atoms with van der Waals surface area (Å²) in [4.78, 5) is 18.7. The Bertz CT molecular complexity index is 1110. The minimum absolute atomic E-state index is 0.0155. The lowest BCUT2D eigenvalue weighted by Gasteiger charge is -2.25. The Morgan fingerprint density at radius 3 is 2.52 bits per heavy atom. The van der Waals surface area contributed by atoms with Gasteiger partial charge in [0.05, 0.1) is 12.5 Å². The van der Waals surface area contributed by atoms with Gasteiger partial charge >= 0.3 is 0 Å². The summed E-state index contributed by atoms with van der Waals surface area (Å²) in [6.45, 7) is 2.04. The van der Waals surface area contributed by atoms with Crippen molar-refractivity contribution in [2.24, 2.45) is 7.05 Å². The van der Waals surface area contributed by atoms with Crippen molar-refractivity contribution >= 4 is 27.7 Å². The molecule has 0 aliphatic rings. The lowest BCUT2D eigenvalue weighted by molar-refractivity contribution is -0.131. The van der Waals surface area contributed by atoms with E-state index >= 15 is 0 Å². The van der Waals surface area contributed by atoms with Crippen LogP contribution in [0.5, 0.6) is 0 Å². The standard InChI is InChI=1S/C23H23N3O/c1-16(18-10-12-24-13-11-18)25(2)23(27)15-17-8-9-22-20(14-17)19-6-4-5-7-21(19)26(22)3/h4-14,16H,15H2,1-3H3. The van der Waals surface area contributed by atoms with Gasteiger partial charge in [-0.05, 0) is 48.4 Å². The van der Waals surface area contributed by atoms with Crippen LogP contribution in [0.15, 0.2) is 67.0 Å². The fourth-order valence-corrected chi connectivity index (χ4v) is 3.71. The van der Waals surface area contributed by atoms with E-state index in [1.807, 2.05) is 31.0 Å². The Hall–Kier alpha value is -3.14. The van der Waals surface area contributed by atoms with Gasteiger partial charge in [-0.15, -0.1) is 0 Å². The normalized spacial score (nSPS) is 12.4. The molecule has 4 heteroatoms. The topological polar surface area (TPSA) is 38.1 Å². The Labute approximate surface area is 159 Å². The van der Waals surface area contributed by atoms with Crippen molar-refractivity contribution in [3.63, 3.8) is 0 Å². The first-order valence-corrected chi connectivity index (χ1v) is 9.18. The van der Waals surface area contributed by atoms with Crippen LogP contribution in [0.1, 0.15) is 24.1 Å². The molecule has 0 bridgehead atoms. The smallest absolute Gasteiger partial charge is 0.227 e. The summed E-state index contributed by atoms with van der Waals surface area (Å²) in [5.41, 5.74) is 4.52. The number of benzene rings is 2. The van der Waals surface area contributed by atoms with Crippen molar-refractivity contribution in [1.82, 2.24) is 14.5 Å². The zero-order chi connectivity index (χ0) is 19.0. The molecule has 0 saturated carbocycles. The molecule has 0 radical (unpaired) electrons. The number of aromatic nitrogens is 2. The first kappa shape index (κ1) is 17.3.